The van der Waals surface area contributed by atoms with Crippen molar-refractivity contribution >= 4 is 29.1 Å². The zero-order chi connectivity index (χ0) is 23.5. The van der Waals surface area contributed by atoms with Gasteiger partial charge in [0.15, 0.2) is 0 Å². The lowest BCUT2D eigenvalue weighted by atomic mass is 10.1. The van der Waals surface area contributed by atoms with Crippen LogP contribution >= 0.6 is 0 Å². The summed E-state index contributed by atoms with van der Waals surface area (Å²) in [6.07, 6.45) is 1.86. The molecule has 1 aliphatic rings. The van der Waals surface area contributed by atoms with E-state index in [1.807, 2.05) is 24.3 Å². The summed E-state index contributed by atoms with van der Waals surface area (Å²) < 4.78 is 13.0. The van der Waals surface area contributed by atoms with E-state index < -0.39 is 0 Å². The summed E-state index contributed by atoms with van der Waals surface area (Å²) in [5.41, 5.74) is 5.02. The first-order valence-corrected chi connectivity index (χ1v) is 10.7. The van der Waals surface area contributed by atoms with Gasteiger partial charge in [0.05, 0.1) is 17.8 Å². The molecule has 5 rings (SSSR count). The van der Waals surface area contributed by atoms with E-state index in [4.69, 9.17) is 0 Å². The van der Waals surface area contributed by atoms with Crippen molar-refractivity contribution in [1.82, 2.24) is 15.3 Å². The van der Waals surface area contributed by atoms with Gasteiger partial charge in [-0.3, -0.25) is 9.59 Å². The first-order valence-electron chi connectivity index (χ1n) is 10.7. The number of aromatic nitrogens is 2. The van der Waals surface area contributed by atoms with E-state index in [1.54, 1.807) is 42.6 Å². The fraction of sp³-hybridized carbons (Fsp3) is 0.0769. The van der Waals surface area contributed by atoms with Crippen LogP contribution in [0.4, 0.5) is 21.7 Å². The third-order valence-corrected chi connectivity index (χ3v) is 5.44. The average molecular weight is 453 g/mol. The molecule has 1 aromatic heterocycles. The summed E-state index contributed by atoms with van der Waals surface area (Å²) in [5, 5.41) is 8.86. The lowest BCUT2D eigenvalue weighted by molar-refractivity contribution is -0.115. The van der Waals surface area contributed by atoms with Gasteiger partial charge in [-0.05, 0) is 48.0 Å². The van der Waals surface area contributed by atoms with Crippen molar-refractivity contribution in [3.8, 4) is 11.3 Å². The van der Waals surface area contributed by atoms with Crippen LogP contribution in [0.2, 0.25) is 0 Å². The van der Waals surface area contributed by atoms with Crippen molar-refractivity contribution in [3.05, 3.63) is 102 Å². The number of fused-ring (bicyclic) bond motifs is 3. The number of amides is 2. The highest BCUT2D eigenvalue weighted by Gasteiger charge is 2.20. The normalized spacial score (nSPS) is 12.1. The molecule has 0 spiro atoms. The summed E-state index contributed by atoms with van der Waals surface area (Å²) in [5.74, 6) is -0.267. The topological polar surface area (TPSA) is 96.0 Å². The van der Waals surface area contributed by atoms with Gasteiger partial charge in [0, 0.05) is 35.1 Å². The minimum absolute atomic E-state index is 0.108. The van der Waals surface area contributed by atoms with Gasteiger partial charge < -0.3 is 16.0 Å². The maximum absolute atomic E-state index is 13.0. The second-order valence-electron chi connectivity index (χ2n) is 7.85. The lowest BCUT2D eigenvalue weighted by Crippen LogP contribution is -2.22. The van der Waals surface area contributed by atoms with E-state index in [1.165, 1.54) is 12.1 Å². The first-order chi connectivity index (χ1) is 16.5. The van der Waals surface area contributed by atoms with Gasteiger partial charge in [-0.25, -0.2) is 14.4 Å². The molecule has 4 aromatic rings. The van der Waals surface area contributed by atoms with Crippen molar-refractivity contribution in [3.63, 3.8) is 0 Å². The Morgan fingerprint density at radius 2 is 1.76 bits per heavy atom. The van der Waals surface area contributed by atoms with Crippen LogP contribution in [0.25, 0.3) is 11.3 Å². The van der Waals surface area contributed by atoms with Gasteiger partial charge in [0.1, 0.15) is 5.82 Å². The van der Waals surface area contributed by atoms with Gasteiger partial charge >= 0.3 is 0 Å². The molecule has 34 heavy (non-hydrogen) atoms. The molecule has 8 heteroatoms. The van der Waals surface area contributed by atoms with E-state index in [-0.39, 0.29) is 24.1 Å². The molecular weight excluding hydrogens is 433 g/mol. The number of nitrogens with one attached hydrogen (secondary N) is 3. The van der Waals surface area contributed by atoms with Crippen LogP contribution in [0, 0.1) is 5.82 Å². The average Bonchev–Trinajstić information content (AvgIpc) is 2.99. The third-order valence-electron chi connectivity index (χ3n) is 5.44. The Balaban J connectivity index is 1.29. The van der Waals surface area contributed by atoms with Gasteiger partial charge in [-0.2, -0.15) is 0 Å². The number of rotatable bonds is 5. The standard InChI is InChI=1S/C26H20FN5O2/c27-19-9-5-16(6-10-19)14-28-25(34)17-7-11-20(12-8-17)30-26-29-15-18-13-23(33)31-22-4-2-1-3-21(22)24(18)32-26/h1-12,15H,13-14H2,(H,28,34)(H,31,33)(H,29,30,32). The smallest absolute Gasteiger partial charge is 0.251 e. The monoisotopic (exact) mass is 453 g/mol. The highest BCUT2D eigenvalue weighted by Crippen LogP contribution is 2.32. The first kappa shape index (κ1) is 21.3. The number of benzene rings is 3. The Kier molecular flexibility index (Phi) is 5.70. The molecule has 0 radical (unpaired) electrons. The Morgan fingerprint density at radius 3 is 2.56 bits per heavy atom. The van der Waals surface area contributed by atoms with Crippen molar-refractivity contribution in [1.29, 1.82) is 0 Å². The molecule has 0 saturated heterocycles. The van der Waals surface area contributed by atoms with Gasteiger partial charge in [-0.1, -0.05) is 30.3 Å². The van der Waals surface area contributed by atoms with E-state index in [2.05, 4.69) is 25.9 Å². The summed E-state index contributed by atoms with van der Waals surface area (Å²) in [4.78, 5) is 33.6. The molecule has 0 unspecified atom stereocenters. The molecule has 168 valence electrons. The molecule has 3 N–H and O–H groups in total. The van der Waals surface area contributed by atoms with Crippen molar-refractivity contribution in [2.75, 3.05) is 10.6 Å². The molecular formula is C26H20FN5O2. The molecule has 0 aliphatic carbocycles. The second kappa shape index (κ2) is 9.11. The molecule has 3 aromatic carbocycles. The fourth-order valence-corrected chi connectivity index (χ4v) is 3.72. The second-order valence-corrected chi connectivity index (χ2v) is 7.85. The Labute approximate surface area is 195 Å². The number of anilines is 3. The van der Waals surface area contributed by atoms with Crippen LogP contribution in [0.3, 0.4) is 0 Å². The molecule has 2 amide bonds. The maximum Gasteiger partial charge on any atom is 0.251 e. The zero-order valence-electron chi connectivity index (χ0n) is 18.0. The predicted octanol–water partition coefficient (Wildman–Crippen LogP) is 4.45. The van der Waals surface area contributed by atoms with Gasteiger partial charge in [-0.15, -0.1) is 0 Å². The van der Waals surface area contributed by atoms with Crippen LogP contribution in [0.5, 0.6) is 0 Å². The minimum atomic E-state index is -0.314. The molecule has 0 atom stereocenters. The summed E-state index contributed by atoms with van der Waals surface area (Å²) in [7, 11) is 0. The maximum atomic E-state index is 13.0. The molecule has 0 saturated carbocycles. The van der Waals surface area contributed by atoms with E-state index in [9.17, 15) is 14.0 Å². The SMILES string of the molecule is O=C1Cc2cnc(Nc3ccc(C(=O)NCc4ccc(F)cc4)cc3)nc2-c2ccccc2N1. The quantitative estimate of drug-likeness (QED) is 0.415. The highest BCUT2D eigenvalue weighted by atomic mass is 19.1. The van der Waals surface area contributed by atoms with E-state index in [0.717, 1.165) is 16.7 Å². The Hall–Kier alpha value is -4.59. The number of para-hydroxylation sites is 1. The predicted molar refractivity (Wildman–Crippen MR) is 127 cm³/mol. The van der Waals surface area contributed by atoms with Crippen LogP contribution in [-0.2, 0) is 17.8 Å². The fourth-order valence-electron chi connectivity index (χ4n) is 3.72. The van der Waals surface area contributed by atoms with Crippen molar-refractivity contribution < 1.29 is 14.0 Å². The number of carbonyl (C=O) groups is 2. The van der Waals surface area contributed by atoms with Gasteiger partial charge in [0.25, 0.3) is 5.91 Å². The van der Waals surface area contributed by atoms with Crippen LogP contribution in [0.15, 0.2) is 79.0 Å². The largest absolute Gasteiger partial charge is 0.348 e. The van der Waals surface area contributed by atoms with E-state index in [0.29, 0.717) is 35.1 Å². The van der Waals surface area contributed by atoms with E-state index >= 15 is 0 Å². The molecule has 2 heterocycles. The minimum Gasteiger partial charge on any atom is -0.348 e. The molecule has 1 aliphatic heterocycles. The number of carbonyl (C=O) groups excluding carboxylic acids is 2. The number of halogens is 1. The summed E-state index contributed by atoms with van der Waals surface area (Å²) in [6, 6.07) is 20.4. The van der Waals surface area contributed by atoms with Crippen molar-refractivity contribution in [2.24, 2.45) is 0 Å². The van der Waals surface area contributed by atoms with Crippen molar-refractivity contribution in [2.45, 2.75) is 13.0 Å². The number of hydrogen-bond acceptors (Lipinski definition) is 5. The van der Waals surface area contributed by atoms with Crippen LogP contribution in [0.1, 0.15) is 21.5 Å². The molecule has 7 nitrogen and oxygen atoms in total. The molecule has 0 fully saturated rings. The summed E-state index contributed by atoms with van der Waals surface area (Å²) in [6.45, 7) is 0.306. The zero-order valence-corrected chi connectivity index (χ0v) is 18.0. The van der Waals surface area contributed by atoms with Crippen LogP contribution < -0.4 is 16.0 Å². The third kappa shape index (κ3) is 4.61. The lowest BCUT2D eigenvalue weighted by Gasteiger charge is -2.11. The summed E-state index contributed by atoms with van der Waals surface area (Å²) >= 11 is 0. The number of nitrogens with zero attached hydrogens (tertiary/aromatic N) is 2. The molecule has 0 bridgehead atoms. The van der Waals surface area contributed by atoms with Gasteiger partial charge in [0.2, 0.25) is 11.9 Å². The Morgan fingerprint density at radius 1 is 1.00 bits per heavy atom. The highest BCUT2D eigenvalue weighted by molar-refractivity contribution is 6.00. The van der Waals surface area contributed by atoms with Crippen LogP contribution in [-0.4, -0.2) is 21.8 Å². The Bertz CT molecular complexity index is 1370. The number of hydrogen-bond donors (Lipinski definition) is 3.